The van der Waals surface area contributed by atoms with Crippen LogP contribution in [-0.4, -0.2) is 30.6 Å². The summed E-state index contributed by atoms with van der Waals surface area (Å²) >= 11 is 0. The van der Waals surface area contributed by atoms with E-state index in [-0.39, 0.29) is 42.3 Å². The van der Waals surface area contributed by atoms with Crippen LogP contribution < -0.4 is 5.32 Å². The average Bonchev–Trinajstić information content (AvgIpc) is 3.18. The van der Waals surface area contributed by atoms with E-state index in [9.17, 15) is 14.4 Å². The number of carbonyl (C=O) groups is 3. The molecular weight excluding hydrogens is 322 g/mol. The maximum atomic E-state index is 12.4. The zero-order valence-electron chi connectivity index (χ0n) is 14.3. The van der Waals surface area contributed by atoms with Crippen molar-refractivity contribution in [2.75, 3.05) is 11.9 Å². The number of esters is 2. The van der Waals surface area contributed by atoms with Crippen LogP contribution in [0.25, 0.3) is 0 Å². The minimum atomic E-state index is -0.454. The zero-order valence-corrected chi connectivity index (χ0v) is 14.3. The van der Waals surface area contributed by atoms with Gasteiger partial charge in [-0.3, -0.25) is 14.4 Å². The Balaban J connectivity index is 1.34. The number of rotatable bonds is 4. The molecule has 1 aromatic carbocycles. The standard InChI is InChI=1S/C19H21NO5/c1-9-3-4-12(5-10(9)2)20-15(21)8-24-18(22)16-11-6-13-14(7-11)25-19(23)17(13)16/h3-5,11,13-14,16-17H,6-8H2,1-2H3,(H,20,21)/t11-,13+,14-,16+,17+/m1/s1. The van der Waals surface area contributed by atoms with E-state index >= 15 is 0 Å². The quantitative estimate of drug-likeness (QED) is 0.846. The smallest absolute Gasteiger partial charge is 0.310 e. The molecule has 4 rings (SSSR count). The molecule has 1 aromatic rings. The summed E-state index contributed by atoms with van der Waals surface area (Å²) in [6.07, 6.45) is 1.57. The van der Waals surface area contributed by atoms with Crippen LogP contribution in [0.3, 0.4) is 0 Å². The van der Waals surface area contributed by atoms with E-state index in [0.29, 0.717) is 5.69 Å². The van der Waals surface area contributed by atoms with Crippen molar-refractivity contribution in [3.8, 4) is 0 Å². The minimum Gasteiger partial charge on any atom is -0.462 e. The van der Waals surface area contributed by atoms with Crippen LogP contribution in [0.2, 0.25) is 0 Å². The molecule has 0 unspecified atom stereocenters. The molecule has 6 heteroatoms. The van der Waals surface area contributed by atoms with E-state index in [2.05, 4.69) is 5.32 Å². The van der Waals surface area contributed by atoms with Crippen molar-refractivity contribution >= 4 is 23.5 Å². The van der Waals surface area contributed by atoms with Crippen molar-refractivity contribution in [3.63, 3.8) is 0 Å². The van der Waals surface area contributed by atoms with Crippen molar-refractivity contribution in [1.82, 2.24) is 0 Å². The highest BCUT2D eigenvalue weighted by Crippen LogP contribution is 2.57. The summed E-state index contributed by atoms with van der Waals surface area (Å²) in [5, 5.41) is 2.72. The molecule has 5 atom stereocenters. The van der Waals surface area contributed by atoms with E-state index < -0.39 is 11.9 Å². The van der Waals surface area contributed by atoms with E-state index in [1.165, 1.54) is 0 Å². The molecule has 0 spiro atoms. The normalized spacial score (nSPS) is 31.8. The van der Waals surface area contributed by atoms with Crippen LogP contribution in [0.1, 0.15) is 24.0 Å². The Hall–Kier alpha value is -2.37. The first kappa shape index (κ1) is 16.1. The van der Waals surface area contributed by atoms with Gasteiger partial charge >= 0.3 is 11.9 Å². The van der Waals surface area contributed by atoms with Gasteiger partial charge in [0.25, 0.3) is 5.91 Å². The van der Waals surface area contributed by atoms with Gasteiger partial charge in [0.15, 0.2) is 6.61 Å². The Morgan fingerprint density at radius 2 is 2.04 bits per heavy atom. The zero-order chi connectivity index (χ0) is 17.7. The van der Waals surface area contributed by atoms with Gasteiger partial charge in [0.1, 0.15) is 6.10 Å². The van der Waals surface area contributed by atoms with Gasteiger partial charge in [-0.25, -0.2) is 0 Å². The monoisotopic (exact) mass is 343 g/mol. The lowest BCUT2D eigenvalue weighted by Crippen LogP contribution is -2.34. The molecule has 6 nitrogen and oxygen atoms in total. The largest absolute Gasteiger partial charge is 0.462 e. The van der Waals surface area contributed by atoms with Gasteiger partial charge in [0.05, 0.1) is 11.8 Å². The highest BCUT2D eigenvalue weighted by Gasteiger charge is 2.64. The van der Waals surface area contributed by atoms with E-state index in [1.54, 1.807) is 0 Å². The predicted octanol–water partition coefficient (Wildman–Crippen LogP) is 1.98. The number of fused-ring (bicyclic) bond motifs is 1. The summed E-state index contributed by atoms with van der Waals surface area (Å²) in [6.45, 7) is 3.62. The molecule has 132 valence electrons. The number of ether oxygens (including phenoxy) is 2. The molecule has 3 fully saturated rings. The van der Waals surface area contributed by atoms with Crippen molar-refractivity contribution < 1.29 is 23.9 Å². The van der Waals surface area contributed by atoms with Crippen LogP contribution in [0, 0.1) is 37.5 Å². The first-order valence-corrected chi connectivity index (χ1v) is 8.68. The number of hydrogen-bond acceptors (Lipinski definition) is 5. The van der Waals surface area contributed by atoms with Gasteiger partial charge in [0, 0.05) is 11.6 Å². The average molecular weight is 343 g/mol. The molecular formula is C19H21NO5. The molecule has 25 heavy (non-hydrogen) atoms. The van der Waals surface area contributed by atoms with Crippen molar-refractivity contribution in [1.29, 1.82) is 0 Å². The third-order valence-corrected chi connectivity index (χ3v) is 5.89. The van der Waals surface area contributed by atoms with Gasteiger partial charge in [0.2, 0.25) is 0 Å². The van der Waals surface area contributed by atoms with E-state index in [0.717, 1.165) is 24.0 Å². The Morgan fingerprint density at radius 1 is 1.24 bits per heavy atom. The lowest BCUT2D eigenvalue weighted by molar-refractivity contribution is -0.157. The van der Waals surface area contributed by atoms with Gasteiger partial charge in [-0.15, -0.1) is 0 Å². The number of nitrogens with one attached hydrogen (secondary N) is 1. The Kier molecular flexibility index (Phi) is 3.78. The Morgan fingerprint density at radius 3 is 2.80 bits per heavy atom. The third-order valence-electron chi connectivity index (χ3n) is 5.89. The summed E-state index contributed by atoms with van der Waals surface area (Å²) in [5.41, 5.74) is 2.89. The van der Waals surface area contributed by atoms with Crippen molar-refractivity contribution in [2.24, 2.45) is 23.7 Å². The molecule has 3 aliphatic rings. The molecule has 2 aliphatic carbocycles. The number of amides is 1. The first-order chi connectivity index (χ1) is 11.9. The number of carbonyl (C=O) groups excluding carboxylic acids is 3. The van der Waals surface area contributed by atoms with Crippen molar-refractivity contribution in [2.45, 2.75) is 32.8 Å². The van der Waals surface area contributed by atoms with Crippen LogP contribution >= 0.6 is 0 Å². The fraction of sp³-hybridized carbons (Fsp3) is 0.526. The molecule has 0 aromatic heterocycles. The Labute approximate surface area is 145 Å². The van der Waals surface area contributed by atoms with Gasteiger partial charge < -0.3 is 14.8 Å². The summed E-state index contributed by atoms with van der Waals surface area (Å²) < 4.78 is 10.5. The lowest BCUT2D eigenvalue weighted by atomic mass is 9.80. The highest BCUT2D eigenvalue weighted by atomic mass is 16.6. The maximum absolute atomic E-state index is 12.4. The number of benzene rings is 1. The second kappa shape index (κ2) is 5.86. The minimum absolute atomic E-state index is 0.0142. The lowest BCUT2D eigenvalue weighted by Gasteiger charge is -2.22. The molecule has 1 amide bonds. The molecule has 2 saturated carbocycles. The molecule has 1 saturated heterocycles. The molecule has 1 aliphatic heterocycles. The summed E-state index contributed by atoms with van der Waals surface area (Å²) in [7, 11) is 0. The number of aryl methyl sites for hydroxylation is 2. The van der Waals surface area contributed by atoms with Gasteiger partial charge in [-0.2, -0.15) is 0 Å². The van der Waals surface area contributed by atoms with Crippen LogP contribution in [0.4, 0.5) is 5.69 Å². The highest BCUT2D eigenvalue weighted by molar-refractivity contribution is 5.93. The SMILES string of the molecule is Cc1ccc(NC(=O)COC(=O)[C@H]2[C@@H]3C[C@@H]4[C@@H]2C(=O)O[C@@H]4C3)cc1C. The topological polar surface area (TPSA) is 81.7 Å². The number of hydrogen-bond donors (Lipinski definition) is 1. The second-order valence-electron chi connectivity index (χ2n) is 7.38. The van der Waals surface area contributed by atoms with Crippen LogP contribution in [0.5, 0.6) is 0 Å². The van der Waals surface area contributed by atoms with E-state index in [1.807, 2.05) is 32.0 Å². The fourth-order valence-corrected chi connectivity index (χ4v) is 4.57. The molecule has 1 N–H and O–H groups in total. The van der Waals surface area contributed by atoms with Crippen LogP contribution in [0.15, 0.2) is 18.2 Å². The Bertz CT molecular complexity index is 756. The maximum Gasteiger partial charge on any atom is 0.310 e. The first-order valence-electron chi connectivity index (χ1n) is 8.68. The second-order valence-corrected chi connectivity index (χ2v) is 7.38. The summed E-state index contributed by atoms with van der Waals surface area (Å²) in [6, 6.07) is 5.61. The summed E-state index contributed by atoms with van der Waals surface area (Å²) in [5.74, 6) is -1.65. The molecule has 2 bridgehead atoms. The third kappa shape index (κ3) is 2.69. The van der Waals surface area contributed by atoms with Crippen LogP contribution in [-0.2, 0) is 23.9 Å². The number of anilines is 1. The fourth-order valence-electron chi connectivity index (χ4n) is 4.57. The van der Waals surface area contributed by atoms with Gasteiger partial charge in [-0.1, -0.05) is 6.07 Å². The van der Waals surface area contributed by atoms with Crippen molar-refractivity contribution in [3.05, 3.63) is 29.3 Å². The summed E-state index contributed by atoms with van der Waals surface area (Å²) in [4.78, 5) is 36.4. The van der Waals surface area contributed by atoms with Gasteiger partial charge in [-0.05, 0) is 55.9 Å². The molecule has 0 radical (unpaired) electrons. The predicted molar refractivity (Wildman–Crippen MR) is 88.6 cm³/mol. The molecule has 1 heterocycles. The van der Waals surface area contributed by atoms with E-state index in [4.69, 9.17) is 9.47 Å².